The molecule has 1 rings (SSSR count). The van der Waals surface area contributed by atoms with Gasteiger partial charge in [-0.3, -0.25) is 14.3 Å². The number of nitrogens with zero attached hydrogens (tertiary/aromatic N) is 1. The summed E-state index contributed by atoms with van der Waals surface area (Å²) >= 11 is 0. The zero-order valence-electron chi connectivity index (χ0n) is 14.5. The molecular formula is C17H25NO4S. The first-order chi connectivity index (χ1) is 10.4. The van der Waals surface area contributed by atoms with Crippen LogP contribution in [-0.2, 0) is 14.9 Å². The highest BCUT2D eigenvalue weighted by molar-refractivity contribution is 7.85. The third-order valence-electron chi connectivity index (χ3n) is 3.49. The maximum absolute atomic E-state index is 11.5. The maximum Gasteiger partial charge on any atom is 0.294 e. The van der Waals surface area contributed by atoms with Crippen LogP contribution < -0.4 is 0 Å². The van der Waals surface area contributed by atoms with Crippen molar-refractivity contribution >= 4 is 27.3 Å². The second kappa shape index (κ2) is 7.36. The van der Waals surface area contributed by atoms with Crippen molar-refractivity contribution in [3.8, 4) is 0 Å². The van der Waals surface area contributed by atoms with Gasteiger partial charge < -0.3 is 0 Å². The summed E-state index contributed by atoms with van der Waals surface area (Å²) in [6, 6.07) is 2.93. The van der Waals surface area contributed by atoms with Crippen LogP contribution in [-0.4, -0.2) is 24.5 Å². The largest absolute Gasteiger partial charge is 0.300 e. The molecule has 0 aliphatic rings. The molecule has 0 spiro atoms. The van der Waals surface area contributed by atoms with E-state index >= 15 is 0 Å². The van der Waals surface area contributed by atoms with Crippen LogP contribution in [0.4, 0.5) is 5.69 Å². The number of Topliss-reactive ketones (excluding diaryl/α,β-unsaturated/α-hetero) is 1. The zero-order chi connectivity index (χ0) is 17.9. The van der Waals surface area contributed by atoms with Crippen LogP contribution >= 0.6 is 0 Å². The van der Waals surface area contributed by atoms with E-state index in [1.165, 1.54) is 19.1 Å². The molecule has 0 radical (unpaired) electrons. The fraction of sp³-hybridized carbons (Fsp3) is 0.529. The van der Waals surface area contributed by atoms with Crippen molar-refractivity contribution in [3.63, 3.8) is 0 Å². The first kappa shape index (κ1) is 19.5. The lowest BCUT2D eigenvalue weighted by Gasteiger charge is -2.18. The minimum atomic E-state index is -4.28. The van der Waals surface area contributed by atoms with Crippen molar-refractivity contribution in [2.75, 3.05) is 0 Å². The van der Waals surface area contributed by atoms with Crippen molar-refractivity contribution < 1.29 is 17.8 Å². The monoisotopic (exact) mass is 339 g/mol. The lowest BCUT2D eigenvalue weighted by molar-refractivity contribution is -0.115. The molecule has 23 heavy (non-hydrogen) atoms. The van der Waals surface area contributed by atoms with Crippen LogP contribution in [0.3, 0.4) is 0 Å². The Morgan fingerprint density at radius 1 is 1.09 bits per heavy atom. The van der Waals surface area contributed by atoms with Gasteiger partial charge in [-0.2, -0.15) is 8.42 Å². The fourth-order valence-electron chi connectivity index (χ4n) is 2.40. The molecule has 1 aromatic rings. The number of carbonyl (C=O) groups excluding carboxylic acids is 1. The van der Waals surface area contributed by atoms with E-state index in [4.69, 9.17) is 0 Å². The Balaban J connectivity index is 3.69. The molecule has 5 nitrogen and oxygen atoms in total. The minimum absolute atomic E-state index is 0.0259. The van der Waals surface area contributed by atoms with Gasteiger partial charge in [0.25, 0.3) is 10.1 Å². The Labute approximate surface area is 138 Å². The first-order valence-electron chi connectivity index (χ1n) is 7.62. The van der Waals surface area contributed by atoms with E-state index in [1.807, 2.05) is 27.7 Å². The lowest BCUT2D eigenvalue weighted by atomic mass is 9.92. The summed E-state index contributed by atoms with van der Waals surface area (Å²) in [4.78, 5) is 15.7. The van der Waals surface area contributed by atoms with Crippen LogP contribution in [0.15, 0.2) is 22.0 Å². The molecule has 0 fully saturated rings. The SMILES string of the molecule is CC(=O)CC(C)=Nc1c(C(C)C)cc(S(=O)(=O)O)cc1C(C)C. The minimum Gasteiger partial charge on any atom is -0.300 e. The van der Waals surface area contributed by atoms with E-state index in [2.05, 4.69) is 4.99 Å². The number of ketones is 1. The van der Waals surface area contributed by atoms with Gasteiger partial charge in [0.2, 0.25) is 0 Å². The van der Waals surface area contributed by atoms with Gasteiger partial charge in [-0.15, -0.1) is 0 Å². The molecule has 0 bridgehead atoms. The molecule has 0 atom stereocenters. The van der Waals surface area contributed by atoms with Crippen LogP contribution in [0, 0.1) is 0 Å². The summed E-state index contributed by atoms with van der Waals surface area (Å²) in [5.74, 6) is 0.0779. The molecule has 128 valence electrons. The number of hydrogen-bond acceptors (Lipinski definition) is 4. The smallest absolute Gasteiger partial charge is 0.294 e. The van der Waals surface area contributed by atoms with Crippen LogP contribution in [0.2, 0.25) is 0 Å². The van der Waals surface area contributed by atoms with Crippen molar-refractivity contribution in [1.82, 2.24) is 0 Å². The van der Waals surface area contributed by atoms with Gasteiger partial charge in [-0.25, -0.2) is 0 Å². The Morgan fingerprint density at radius 3 is 1.83 bits per heavy atom. The summed E-state index contributed by atoms with van der Waals surface area (Å²) in [7, 11) is -4.28. The Kier molecular flexibility index (Phi) is 6.25. The number of hydrogen-bond donors (Lipinski definition) is 1. The molecule has 0 saturated heterocycles. The van der Waals surface area contributed by atoms with E-state index in [0.29, 0.717) is 11.4 Å². The molecule has 0 aromatic heterocycles. The number of rotatable bonds is 6. The Morgan fingerprint density at radius 2 is 1.52 bits per heavy atom. The Hall–Kier alpha value is -1.53. The van der Waals surface area contributed by atoms with E-state index in [-0.39, 0.29) is 28.9 Å². The first-order valence-corrected chi connectivity index (χ1v) is 9.06. The highest BCUT2D eigenvalue weighted by Gasteiger charge is 2.20. The van der Waals surface area contributed by atoms with Crippen molar-refractivity contribution in [1.29, 1.82) is 0 Å². The Bertz CT molecular complexity index is 702. The zero-order valence-corrected chi connectivity index (χ0v) is 15.4. The molecule has 0 saturated carbocycles. The molecule has 0 unspecified atom stereocenters. The highest BCUT2D eigenvalue weighted by Crippen LogP contribution is 2.37. The summed E-state index contributed by atoms with van der Waals surface area (Å²) < 4.78 is 32.5. The molecule has 0 heterocycles. The number of aliphatic imine (C=N–C) groups is 1. The quantitative estimate of drug-likeness (QED) is 0.620. The van der Waals surface area contributed by atoms with Crippen LogP contribution in [0.1, 0.15) is 70.9 Å². The van der Waals surface area contributed by atoms with E-state index < -0.39 is 10.1 Å². The molecule has 1 N–H and O–H groups in total. The van der Waals surface area contributed by atoms with Gasteiger partial charge in [-0.05, 0) is 48.9 Å². The van der Waals surface area contributed by atoms with E-state index in [1.54, 1.807) is 6.92 Å². The van der Waals surface area contributed by atoms with Crippen LogP contribution in [0.5, 0.6) is 0 Å². The third-order valence-corrected chi connectivity index (χ3v) is 4.32. The van der Waals surface area contributed by atoms with Gasteiger partial charge in [0.15, 0.2) is 0 Å². The van der Waals surface area contributed by atoms with Gasteiger partial charge in [0, 0.05) is 12.1 Å². The summed E-state index contributed by atoms with van der Waals surface area (Å²) in [5.41, 5.74) is 2.86. The summed E-state index contributed by atoms with van der Waals surface area (Å²) in [5, 5.41) is 0. The highest BCUT2D eigenvalue weighted by atomic mass is 32.2. The summed E-state index contributed by atoms with van der Waals surface area (Å²) in [6.45, 7) is 11.0. The van der Waals surface area contributed by atoms with Gasteiger partial charge in [0.1, 0.15) is 5.78 Å². The predicted molar refractivity (Wildman–Crippen MR) is 92.5 cm³/mol. The lowest BCUT2D eigenvalue weighted by Crippen LogP contribution is -2.05. The summed E-state index contributed by atoms with van der Waals surface area (Å²) in [6.07, 6.45) is 0.259. The maximum atomic E-state index is 11.5. The van der Waals surface area contributed by atoms with E-state index in [9.17, 15) is 17.8 Å². The number of benzene rings is 1. The molecular weight excluding hydrogens is 314 g/mol. The van der Waals surface area contributed by atoms with Crippen molar-refractivity contribution in [2.24, 2.45) is 4.99 Å². The fourth-order valence-corrected chi connectivity index (χ4v) is 2.95. The van der Waals surface area contributed by atoms with Gasteiger partial charge in [-0.1, -0.05) is 27.7 Å². The molecule has 0 aliphatic heterocycles. The normalized spacial score (nSPS) is 13.0. The van der Waals surface area contributed by atoms with Gasteiger partial charge in [0.05, 0.1) is 10.6 Å². The molecule has 6 heteroatoms. The average molecular weight is 339 g/mol. The second-order valence-electron chi connectivity index (χ2n) is 6.46. The topological polar surface area (TPSA) is 83.8 Å². The standard InChI is InChI=1S/C17H25NO4S/c1-10(2)15-8-14(23(20,21)22)9-16(11(3)4)17(15)18-12(5)7-13(6)19/h8-11H,7H2,1-6H3,(H,20,21,22). The average Bonchev–Trinajstić information content (AvgIpc) is 2.35. The molecule has 0 amide bonds. The van der Waals surface area contributed by atoms with Crippen LogP contribution in [0.25, 0.3) is 0 Å². The molecule has 0 aliphatic carbocycles. The van der Waals surface area contributed by atoms with Gasteiger partial charge >= 0.3 is 0 Å². The van der Waals surface area contributed by atoms with E-state index in [0.717, 1.165) is 11.1 Å². The van der Waals surface area contributed by atoms with Crippen molar-refractivity contribution in [2.45, 2.75) is 64.7 Å². The number of carbonyl (C=O) groups is 1. The predicted octanol–water partition coefficient (Wildman–Crippen LogP) is 4.25. The second-order valence-corrected chi connectivity index (χ2v) is 7.88. The van der Waals surface area contributed by atoms with Crippen molar-refractivity contribution in [3.05, 3.63) is 23.3 Å². The third kappa shape index (κ3) is 5.25. The molecule has 1 aromatic carbocycles.